The Hall–Kier alpha value is -0.730. The second-order valence-corrected chi connectivity index (χ2v) is 4.43. The number of aliphatic hydroxyl groups is 1. The Bertz CT molecular complexity index is 252. The maximum atomic E-state index is 11.3. The number of nitrogens with two attached hydrogens (primary N) is 1. The maximum absolute atomic E-state index is 11.3. The third-order valence-electron chi connectivity index (χ3n) is 2.91. The van der Waals surface area contributed by atoms with Crippen molar-refractivity contribution in [2.45, 2.75) is 25.0 Å². The van der Waals surface area contributed by atoms with Gasteiger partial charge in [-0.2, -0.15) is 0 Å². The van der Waals surface area contributed by atoms with Crippen LogP contribution in [0.1, 0.15) is 12.8 Å². The highest BCUT2D eigenvalue weighted by Crippen LogP contribution is 2.20. The van der Waals surface area contributed by atoms with E-state index in [9.17, 15) is 4.79 Å². The first-order chi connectivity index (χ1) is 8.67. The largest absolute Gasteiger partial charge is 0.394 e. The van der Waals surface area contributed by atoms with Crippen LogP contribution < -0.4 is 11.3 Å². The number of aliphatic hydroxyl groups excluding tert-OH is 1. The van der Waals surface area contributed by atoms with Gasteiger partial charge in [-0.05, 0) is 19.9 Å². The molecule has 0 aliphatic carbocycles. The molecule has 4 N–H and O–H groups in total. The van der Waals surface area contributed by atoms with Gasteiger partial charge in [-0.25, -0.2) is 5.84 Å². The quantitative estimate of drug-likeness (QED) is 0.212. The topological polar surface area (TPSA) is 97.1 Å². The molecule has 106 valence electrons. The highest BCUT2D eigenvalue weighted by molar-refractivity contribution is 5.80. The minimum Gasteiger partial charge on any atom is -0.394 e. The van der Waals surface area contributed by atoms with Crippen molar-refractivity contribution in [1.29, 1.82) is 0 Å². The second kappa shape index (κ2) is 8.39. The lowest BCUT2D eigenvalue weighted by Gasteiger charge is -2.21. The van der Waals surface area contributed by atoms with E-state index in [-0.39, 0.29) is 18.6 Å². The summed E-state index contributed by atoms with van der Waals surface area (Å²) >= 11 is 0. The summed E-state index contributed by atoms with van der Waals surface area (Å²) in [7, 11) is 1.97. The van der Waals surface area contributed by atoms with Crippen LogP contribution in [0.5, 0.6) is 0 Å². The number of nitrogens with one attached hydrogen (secondary N) is 1. The summed E-state index contributed by atoms with van der Waals surface area (Å²) in [5.74, 6) is 4.81. The first-order valence-corrected chi connectivity index (χ1v) is 6.20. The van der Waals surface area contributed by atoms with Gasteiger partial charge in [0.05, 0.1) is 25.9 Å². The summed E-state index contributed by atoms with van der Waals surface area (Å²) in [5.41, 5.74) is 2.11. The van der Waals surface area contributed by atoms with Crippen LogP contribution in [0.2, 0.25) is 0 Å². The first kappa shape index (κ1) is 15.3. The fraction of sp³-hybridized carbons (Fsp3) is 0.909. The van der Waals surface area contributed by atoms with Crippen LogP contribution in [0.3, 0.4) is 0 Å². The first-order valence-electron chi connectivity index (χ1n) is 6.20. The van der Waals surface area contributed by atoms with Gasteiger partial charge in [0, 0.05) is 13.1 Å². The van der Waals surface area contributed by atoms with Gasteiger partial charge in [0.25, 0.3) is 5.91 Å². The van der Waals surface area contributed by atoms with Gasteiger partial charge in [0.1, 0.15) is 6.10 Å². The van der Waals surface area contributed by atoms with E-state index in [4.69, 9.17) is 20.4 Å². The molecule has 0 bridgehead atoms. The van der Waals surface area contributed by atoms with Crippen LogP contribution in [-0.4, -0.2) is 68.1 Å². The van der Waals surface area contributed by atoms with Gasteiger partial charge in [-0.1, -0.05) is 0 Å². The molecule has 1 saturated heterocycles. The predicted octanol–water partition coefficient (Wildman–Crippen LogP) is -1.54. The molecule has 1 rings (SSSR count). The fourth-order valence-electron chi connectivity index (χ4n) is 1.95. The molecule has 2 atom stereocenters. The molecule has 1 aliphatic heterocycles. The van der Waals surface area contributed by atoms with E-state index in [1.165, 1.54) is 0 Å². The molecule has 0 spiro atoms. The average molecular weight is 261 g/mol. The molecule has 0 aromatic rings. The van der Waals surface area contributed by atoms with E-state index in [0.717, 1.165) is 19.5 Å². The zero-order valence-electron chi connectivity index (χ0n) is 10.8. The number of likely N-dealkylation sites (N-methyl/N-ethyl adjacent to an activating group) is 1. The lowest BCUT2D eigenvalue weighted by Crippen LogP contribution is -2.40. The number of hydrogen-bond acceptors (Lipinski definition) is 6. The molecule has 1 aliphatic rings. The summed E-state index contributed by atoms with van der Waals surface area (Å²) < 4.78 is 10.8. The molecule has 7 heteroatoms. The van der Waals surface area contributed by atoms with Gasteiger partial charge < -0.3 is 19.5 Å². The summed E-state index contributed by atoms with van der Waals surface area (Å²) in [6.45, 7) is 2.53. The Kier molecular flexibility index (Phi) is 7.14. The van der Waals surface area contributed by atoms with Crippen LogP contribution in [0.15, 0.2) is 0 Å². The van der Waals surface area contributed by atoms with Crippen molar-refractivity contribution in [3.63, 3.8) is 0 Å². The van der Waals surface area contributed by atoms with E-state index in [1.54, 1.807) is 0 Å². The van der Waals surface area contributed by atoms with E-state index in [1.807, 2.05) is 7.05 Å². The number of hydrazine groups is 1. The molecule has 1 amide bonds. The number of amides is 1. The summed E-state index contributed by atoms with van der Waals surface area (Å²) in [6, 6.07) is 0. The normalized spacial score (nSPS) is 23.6. The summed E-state index contributed by atoms with van der Waals surface area (Å²) in [6.07, 6.45) is 1.22. The summed E-state index contributed by atoms with van der Waals surface area (Å²) in [5, 5.41) is 8.56. The van der Waals surface area contributed by atoms with Gasteiger partial charge in [-0.3, -0.25) is 10.2 Å². The summed E-state index contributed by atoms with van der Waals surface area (Å²) in [4.78, 5) is 13.4. The van der Waals surface area contributed by atoms with Crippen LogP contribution in [0, 0.1) is 0 Å². The van der Waals surface area contributed by atoms with E-state index < -0.39 is 6.10 Å². The number of carbonyl (C=O) groups excluding carboxylic acids is 1. The molecule has 0 radical (unpaired) electrons. The van der Waals surface area contributed by atoms with Crippen LogP contribution in [-0.2, 0) is 14.3 Å². The number of rotatable bonds is 8. The highest BCUT2D eigenvalue weighted by atomic mass is 16.5. The number of nitrogens with zero attached hydrogens (tertiary/aromatic N) is 1. The van der Waals surface area contributed by atoms with E-state index in [0.29, 0.717) is 19.6 Å². The van der Waals surface area contributed by atoms with Gasteiger partial charge >= 0.3 is 0 Å². The van der Waals surface area contributed by atoms with Crippen LogP contribution in [0.4, 0.5) is 0 Å². The Morgan fingerprint density at radius 3 is 3.00 bits per heavy atom. The minimum atomic E-state index is -0.418. The zero-order valence-corrected chi connectivity index (χ0v) is 10.8. The van der Waals surface area contributed by atoms with Gasteiger partial charge in [-0.15, -0.1) is 0 Å². The second-order valence-electron chi connectivity index (χ2n) is 4.43. The van der Waals surface area contributed by atoms with Crippen molar-refractivity contribution in [1.82, 2.24) is 10.3 Å². The Morgan fingerprint density at radius 2 is 2.33 bits per heavy atom. The van der Waals surface area contributed by atoms with Gasteiger partial charge in [0.2, 0.25) is 0 Å². The molecule has 7 nitrogen and oxygen atoms in total. The average Bonchev–Trinajstić information content (AvgIpc) is 2.82. The minimum absolute atomic E-state index is 0.0470. The van der Waals surface area contributed by atoms with Crippen molar-refractivity contribution in [3.05, 3.63) is 0 Å². The van der Waals surface area contributed by atoms with E-state index >= 15 is 0 Å². The number of carbonyl (C=O) groups is 1. The SMILES string of the molecule is CN(CCOCCO)CC1CCC(C(=O)NN)O1. The van der Waals surface area contributed by atoms with E-state index in [2.05, 4.69) is 10.3 Å². The van der Waals surface area contributed by atoms with Crippen molar-refractivity contribution < 1.29 is 19.4 Å². The lowest BCUT2D eigenvalue weighted by atomic mass is 10.2. The Morgan fingerprint density at radius 1 is 1.56 bits per heavy atom. The molecule has 1 fully saturated rings. The van der Waals surface area contributed by atoms with Crippen molar-refractivity contribution in [2.75, 3.05) is 40.0 Å². The molecule has 0 saturated carbocycles. The standard InChI is InChI=1S/C11H23N3O4/c1-14(4-6-17-7-5-15)8-9-2-3-10(18-9)11(16)13-12/h9-10,15H,2-8,12H2,1H3,(H,13,16). The van der Waals surface area contributed by atoms with Crippen molar-refractivity contribution in [3.8, 4) is 0 Å². The monoisotopic (exact) mass is 261 g/mol. The molecular weight excluding hydrogens is 238 g/mol. The molecule has 1 heterocycles. The highest BCUT2D eigenvalue weighted by Gasteiger charge is 2.30. The lowest BCUT2D eigenvalue weighted by molar-refractivity contribution is -0.132. The number of hydrogen-bond donors (Lipinski definition) is 3. The van der Waals surface area contributed by atoms with Crippen LogP contribution >= 0.6 is 0 Å². The Labute approximate surface area is 107 Å². The molecular formula is C11H23N3O4. The third-order valence-corrected chi connectivity index (χ3v) is 2.91. The van der Waals surface area contributed by atoms with Gasteiger partial charge in [0.15, 0.2) is 0 Å². The maximum Gasteiger partial charge on any atom is 0.263 e. The fourth-order valence-corrected chi connectivity index (χ4v) is 1.95. The van der Waals surface area contributed by atoms with Crippen molar-refractivity contribution in [2.24, 2.45) is 5.84 Å². The molecule has 0 aromatic heterocycles. The number of ether oxygens (including phenoxy) is 2. The van der Waals surface area contributed by atoms with Crippen LogP contribution in [0.25, 0.3) is 0 Å². The molecule has 0 aromatic carbocycles. The third kappa shape index (κ3) is 5.28. The molecule has 18 heavy (non-hydrogen) atoms. The predicted molar refractivity (Wildman–Crippen MR) is 65.6 cm³/mol. The Balaban J connectivity index is 2.13. The smallest absolute Gasteiger partial charge is 0.263 e. The molecule has 2 unspecified atom stereocenters. The zero-order chi connectivity index (χ0) is 13.4. The van der Waals surface area contributed by atoms with Crippen molar-refractivity contribution >= 4 is 5.91 Å².